The lowest BCUT2D eigenvalue weighted by molar-refractivity contribution is -0.126. The standard InChI is InChI=1S/C16H32N2O/c1-5-16(3)14(11-15(16)19-6-2)17-12-13-7-9-18(4)10-8-13/h13-15,17H,5-12H2,1-4H3. The van der Waals surface area contributed by atoms with Gasteiger partial charge in [0.1, 0.15) is 0 Å². The molecule has 1 aliphatic carbocycles. The minimum Gasteiger partial charge on any atom is -0.378 e. The van der Waals surface area contributed by atoms with Crippen molar-refractivity contribution in [2.24, 2.45) is 11.3 Å². The summed E-state index contributed by atoms with van der Waals surface area (Å²) in [6.07, 6.45) is 5.59. The number of nitrogens with zero attached hydrogens (tertiary/aromatic N) is 1. The minimum atomic E-state index is 0.349. The number of rotatable bonds is 6. The maximum Gasteiger partial charge on any atom is 0.0658 e. The summed E-state index contributed by atoms with van der Waals surface area (Å²) in [5.41, 5.74) is 0.349. The normalized spacial score (nSPS) is 37.3. The fourth-order valence-corrected chi connectivity index (χ4v) is 3.64. The van der Waals surface area contributed by atoms with Crippen molar-refractivity contribution in [3.8, 4) is 0 Å². The van der Waals surface area contributed by atoms with E-state index in [1.165, 1.54) is 45.3 Å². The molecule has 2 rings (SSSR count). The van der Waals surface area contributed by atoms with E-state index in [2.05, 4.69) is 38.0 Å². The van der Waals surface area contributed by atoms with E-state index in [4.69, 9.17) is 4.74 Å². The van der Waals surface area contributed by atoms with E-state index >= 15 is 0 Å². The molecule has 0 spiro atoms. The predicted octanol–water partition coefficient (Wildman–Crippen LogP) is 2.51. The molecule has 3 unspecified atom stereocenters. The zero-order valence-corrected chi connectivity index (χ0v) is 13.2. The van der Waals surface area contributed by atoms with Gasteiger partial charge in [0.25, 0.3) is 0 Å². The molecule has 0 amide bonds. The van der Waals surface area contributed by atoms with Gasteiger partial charge in [0, 0.05) is 18.1 Å². The lowest BCUT2D eigenvalue weighted by Crippen LogP contribution is -2.62. The molecule has 1 saturated heterocycles. The van der Waals surface area contributed by atoms with Gasteiger partial charge < -0.3 is 15.0 Å². The van der Waals surface area contributed by atoms with Crippen molar-refractivity contribution in [3.63, 3.8) is 0 Å². The molecule has 0 aromatic heterocycles. The number of ether oxygens (including phenoxy) is 1. The lowest BCUT2D eigenvalue weighted by Gasteiger charge is -2.54. The smallest absolute Gasteiger partial charge is 0.0658 e. The van der Waals surface area contributed by atoms with Crippen LogP contribution in [0.2, 0.25) is 0 Å². The molecule has 3 heteroatoms. The van der Waals surface area contributed by atoms with E-state index in [0.29, 0.717) is 17.6 Å². The molecule has 2 aliphatic rings. The van der Waals surface area contributed by atoms with Crippen LogP contribution >= 0.6 is 0 Å². The van der Waals surface area contributed by atoms with Crippen molar-refractivity contribution in [1.82, 2.24) is 10.2 Å². The van der Waals surface area contributed by atoms with Crippen LogP contribution in [0.1, 0.15) is 46.5 Å². The summed E-state index contributed by atoms with van der Waals surface area (Å²) in [6, 6.07) is 0.661. The van der Waals surface area contributed by atoms with E-state index in [9.17, 15) is 0 Å². The fourth-order valence-electron chi connectivity index (χ4n) is 3.64. The first-order valence-electron chi connectivity index (χ1n) is 8.13. The highest BCUT2D eigenvalue weighted by molar-refractivity contribution is 5.04. The molecular formula is C16H32N2O. The Morgan fingerprint density at radius 2 is 1.95 bits per heavy atom. The topological polar surface area (TPSA) is 24.5 Å². The van der Waals surface area contributed by atoms with E-state index in [1.54, 1.807) is 0 Å². The summed E-state index contributed by atoms with van der Waals surface area (Å²) in [5, 5.41) is 3.84. The van der Waals surface area contributed by atoms with Gasteiger partial charge in [-0.05, 0) is 65.2 Å². The molecule has 1 aliphatic heterocycles. The highest BCUT2D eigenvalue weighted by Crippen LogP contribution is 2.45. The van der Waals surface area contributed by atoms with E-state index < -0.39 is 0 Å². The zero-order valence-electron chi connectivity index (χ0n) is 13.2. The average molecular weight is 268 g/mol. The third-order valence-corrected chi connectivity index (χ3v) is 5.60. The third-order valence-electron chi connectivity index (χ3n) is 5.60. The third kappa shape index (κ3) is 3.32. The average Bonchev–Trinajstić information content (AvgIpc) is 2.43. The molecule has 0 aromatic carbocycles. The Balaban J connectivity index is 1.74. The Morgan fingerprint density at radius 3 is 2.53 bits per heavy atom. The maximum atomic E-state index is 5.87. The molecule has 19 heavy (non-hydrogen) atoms. The molecule has 0 bridgehead atoms. The van der Waals surface area contributed by atoms with Gasteiger partial charge in [-0.25, -0.2) is 0 Å². The van der Waals surface area contributed by atoms with Crippen LogP contribution in [0.5, 0.6) is 0 Å². The number of likely N-dealkylation sites (tertiary alicyclic amines) is 1. The summed E-state index contributed by atoms with van der Waals surface area (Å²) >= 11 is 0. The summed E-state index contributed by atoms with van der Waals surface area (Å²) in [5.74, 6) is 0.878. The van der Waals surface area contributed by atoms with E-state index in [-0.39, 0.29) is 0 Å². The van der Waals surface area contributed by atoms with Crippen LogP contribution in [-0.2, 0) is 4.74 Å². The molecule has 1 N–H and O–H groups in total. The molecule has 1 heterocycles. The Bertz CT molecular complexity index is 276. The molecule has 112 valence electrons. The van der Waals surface area contributed by atoms with Crippen molar-refractivity contribution in [2.75, 3.05) is 33.3 Å². The number of nitrogens with one attached hydrogen (secondary N) is 1. The highest BCUT2D eigenvalue weighted by Gasteiger charge is 2.50. The van der Waals surface area contributed by atoms with Crippen LogP contribution < -0.4 is 5.32 Å². The second kappa shape index (κ2) is 6.55. The van der Waals surface area contributed by atoms with E-state index in [1.807, 2.05) is 0 Å². The Hall–Kier alpha value is -0.120. The largest absolute Gasteiger partial charge is 0.378 e. The van der Waals surface area contributed by atoms with Gasteiger partial charge in [0.2, 0.25) is 0 Å². The molecule has 3 atom stereocenters. The molecule has 3 nitrogen and oxygen atoms in total. The van der Waals surface area contributed by atoms with Crippen molar-refractivity contribution in [2.45, 2.75) is 58.6 Å². The SMILES string of the molecule is CCOC1CC(NCC2CCN(C)CC2)C1(C)CC. The number of hydrogen-bond donors (Lipinski definition) is 1. The predicted molar refractivity (Wildman–Crippen MR) is 80.4 cm³/mol. The van der Waals surface area contributed by atoms with E-state index in [0.717, 1.165) is 12.5 Å². The van der Waals surface area contributed by atoms with Crippen LogP contribution in [0.3, 0.4) is 0 Å². The highest BCUT2D eigenvalue weighted by atomic mass is 16.5. The fraction of sp³-hybridized carbons (Fsp3) is 1.00. The summed E-state index contributed by atoms with van der Waals surface area (Å²) in [6.45, 7) is 11.4. The van der Waals surface area contributed by atoms with Gasteiger partial charge >= 0.3 is 0 Å². The van der Waals surface area contributed by atoms with Crippen molar-refractivity contribution < 1.29 is 4.74 Å². The molecule has 2 fully saturated rings. The van der Waals surface area contributed by atoms with Crippen LogP contribution in [0, 0.1) is 11.3 Å². The second-order valence-electron chi connectivity index (χ2n) is 6.75. The number of piperidine rings is 1. The van der Waals surface area contributed by atoms with Crippen molar-refractivity contribution in [1.29, 1.82) is 0 Å². The summed E-state index contributed by atoms with van der Waals surface area (Å²) < 4.78 is 5.87. The Labute approximate surface area is 119 Å². The minimum absolute atomic E-state index is 0.349. The van der Waals surface area contributed by atoms with Crippen LogP contribution in [-0.4, -0.2) is 50.3 Å². The van der Waals surface area contributed by atoms with Gasteiger partial charge in [-0.1, -0.05) is 13.8 Å². The van der Waals surface area contributed by atoms with Crippen LogP contribution in [0.4, 0.5) is 0 Å². The molecule has 1 saturated carbocycles. The first-order valence-corrected chi connectivity index (χ1v) is 8.13. The van der Waals surface area contributed by atoms with Crippen molar-refractivity contribution in [3.05, 3.63) is 0 Å². The second-order valence-corrected chi connectivity index (χ2v) is 6.75. The first kappa shape index (κ1) is 15.3. The number of hydrogen-bond acceptors (Lipinski definition) is 3. The van der Waals surface area contributed by atoms with Gasteiger partial charge in [-0.2, -0.15) is 0 Å². The van der Waals surface area contributed by atoms with Crippen molar-refractivity contribution >= 4 is 0 Å². The van der Waals surface area contributed by atoms with Crippen LogP contribution in [0.15, 0.2) is 0 Å². The first-order chi connectivity index (χ1) is 9.10. The molecular weight excluding hydrogens is 236 g/mol. The Morgan fingerprint density at radius 1 is 1.26 bits per heavy atom. The Kier molecular flexibility index (Phi) is 5.27. The zero-order chi connectivity index (χ0) is 13.9. The van der Waals surface area contributed by atoms with Gasteiger partial charge in [-0.15, -0.1) is 0 Å². The molecule has 0 radical (unpaired) electrons. The monoisotopic (exact) mass is 268 g/mol. The van der Waals surface area contributed by atoms with Gasteiger partial charge in [-0.3, -0.25) is 0 Å². The van der Waals surface area contributed by atoms with Gasteiger partial charge in [0.05, 0.1) is 6.10 Å². The van der Waals surface area contributed by atoms with Gasteiger partial charge in [0.15, 0.2) is 0 Å². The maximum absolute atomic E-state index is 5.87. The van der Waals surface area contributed by atoms with Crippen LogP contribution in [0.25, 0.3) is 0 Å². The lowest BCUT2D eigenvalue weighted by atomic mass is 9.61. The summed E-state index contributed by atoms with van der Waals surface area (Å²) in [4.78, 5) is 2.45. The summed E-state index contributed by atoms with van der Waals surface area (Å²) in [7, 11) is 2.23. The quantitative estimate of drug-likeness (QED) is 0.801. The molecule has 0 aromatic rings.